The predicted molar refractivity (Wildman–Crippen MR) is 104 cm³/mol. The zero-order chi connectivity index (χ0) is 19.5. The van der Waals surface area contributed by atoms with E-state index in [4.69, 9.17) is 9.15 Å². The van der Waals surface area contributed by atoms with Gasteiger partial charge in [0.1, 0.15) is 44.3 Å². The second kappa shape index (κ2) is 8.38. The molecule has 1 saturated heterocycles. The van der Waals surface area contributed by atoms with E-state index in [2.05, 4.69) is 17.1 Å². The summed E-state index contributed by atoms with van der Waals surface area (Å²) in [6.45, 7) is 6.93. The summed E-state index contributed by atoms with van der Waals surface area (Å²) in [6, 6.07) is 8.85. The van der Waals surface area contributed by atoms with Crippen molar-refractivity contribution in [1.29, 1.82) is 0 Å². The van der Waals surface area contributed by atoms with Crippen LogP contribution in [0.3, 0.4) is 0 Å². The number of thiophene rings is 1. The molecule has 0 spiro atoms. The Morgan fingerprint density at radius 2 is 2.04 bits per heavy atom. The van der Waals surface area contributed by atoms with E-state index in [-0.39, 0.29) is 11.9 Å². The minimum Gasteiger partial charge on any atom is -0.496 e. The van der Waals surface area contributed by atoms with Crippen molar-refractivity contribution in [3.8, 4) is 16.5 Å². The van der Waals surface area contributed by atoms with Crippen molar-refractivity contribution in [2.45, 2.75) is 19.5 Å². The summed E-state index contributed by atoms with van der Waals surface area (Å²) >= 11 is 1.60. The molecule has 1 fully saturated rings. The van der Waals surface area contributed by atoms with Crippen LogP contribution in [0.2, 0.25) is 0 Å². The van der Waals surface area contributed by atoms with Gasteiger partial charge in [-0.3, -0.25) is 0 Å². The largest absolute Gasteiger partial charge is 0.496 e. The van der Waals surface area contributed by atoms with Gasteiger partial charge in [0.2, 0.25) is 0 Å². The minimum atomic E-state index is -0.217. The fraction of sp³-hybridized carbons (Fsp3) is 0.400. The van der Waals surface area contributed by atoms with Gasteiger partial charge in [0, 0.05) is 0 Å². The molecule has 4 rings (SSSR count). The SMILES string of the molecule is COc1ccc(F)cc1C[NH+]1CC[NH+]([C@@H](C)c2nnc(-c3cccs3)o2)CC1. The van der Waals surface area contributed by atoms with Crippen LogP contribution in [0, 0.1) is 5.82 Å². The zero-order valence-electron chi connectivity index (χ0n) is 16.1. The highest BCUT2D eigenvalue weighted by atomic mass is 32.1. The standard InChI is InChI=1S/C20H23FN4O2S/c1-14(19-22-23-20(27-19)18-4-3-11-28-18)25-9-7-24(8-10-25)13-15-12-16(21)5-6-17(15)26-2/h3-6,11-12,14H,7-10,13H2,1-2H3/p+2/t14-/m0/s1. The molecule has 1 atom stereocenters. The normalized spacial score (nSPS) is 20.8. The summed E-state index contributed by atoms with van der Waals surface area (Å²) in [5.41, 5.74) is 0.923. The molecule has 6 nitrogen and oxygen atoms in total. The van der Waals surface area contributed by atoms with Gasteiger partial charge in [0.05, 0.1) is 17.6 Å². The minimum absolute atomic E-state index is 0.159. The molecule has 0 amide bonds. The molecule has 1 aliphatic heterocycles. The van der Waals surface area contributed by atoms with E-state index in [9.17, 15) is 4.39 Å². The Bertz CT molecular complexity index is 907. The summed E-state index contributed by atoms with van der Waals surface area (Å²) in [6.07, 6.45) is 0. The van der Waals surface area contributed by atoms with E-state index >= 15 is 0 Å². The quantitative estimate of drug-likeness (QED) is 0.644. The lowest BCUT2D eigenvalue weighted by molar-refractivity contribution is -1.03. The molecule has 1 aromatic carbocycles. The first-order valence-electron chi connectivity index (χ1n) is 9.52. The number of nitrogens with one attached hydrogen (secondary N) is 2. The first kappa shape index (κ1) is 19.0. The molecule has 1 aliphatic rings. The smallest absolute Gasteiger partial charge is 0.274 e. The van der Waals surface area contributed by atoms with Gasteiger partial charge >= 0.3 is 0 Å². The second-order valence-corrected chi connectivity index (χ2v) is 8.13. The van der Waals surface area contributed by atoms with Crippen molar-refractivity contribution in [3.05, 3.63) is 53.0 Å². The lowest BCUT2D eigenvalue weighted by Gasteiger charge is -2.32. The van der Waals surface area contributed by atoms with Crippen LogP contribution in [0.25, 0.3) is 10.8 Å². The molecule has 0 radical (unpaired) electrons. The average Bonchev–Trinajstić information content (AvgIpc) is 3.40. The Morgan fingerprint density at radius 3 is 2.75 bits per heavy atom. The molecule has 148 valence electrons. The number of piperazine rings is 1. The van der Waals surface area contributed by atoms with Crippen LogP contribution in [-0.2, 0) is 6.54 Å². The highest BCUT2D eigenvalue weighted by Gasteiger charge is 2.31. The summed E-state index contributed by atoms with van der Waals surface area (Å²) in [5.74, 6) is 1.82. The van der Waals surface area contributed by atoms with Crippen LogP contribution < -0.4 is 14.5 Å². The first-order chi connectivity index (χ1) is 13.6. The van der Waals surface area contributed by atoms with E-state index in [1.807, 2.05) is 17.5 Å². The van der Waals surface area contributed by atoms with Crippen LogP contribution >= 0.6 is 11.3 Å². The van der Waals surface area contributed by atoms with E-state index in [1.54, 1.807) is 30.6 Å². The predicted octanol–water partition coefficient (Wildman–Crippen LogP) is 0.990. The Morgan fingerprint density at radius 1 is 1.21 bits per heavy atom. The van der Waals surface area contributed by atoms with Crippen LogP contribution in [0.5, 0.6) is 5.75 Å². The molecule has 3 aromatic rings. The maximum atomic E-state index is 13.6. The van der Waals surface area contributed by atoms with E-state index in [1.165, 1.54) is 15.9 Å². The molecule has 0 bridgehead atoms. The van der Waals surface area contributed by atoms with Gasteiger partial charge in [-0.2, -0.15) is 0 Å². The van der Waals surface area contributed by atoms with Crippen LogP contribution in [0.4, 0.5) is 4.39 Å². The van der Waals surface area contributed by atoms with Crippen molar-refractivity contribution in [1.82, 2.24) is 10.2 Å². The first-order valence-corrected chi connectivity index (χ1v) is 10.4. The molecule has 0 saturated carbocycles. The number of nitrogens with zero attached hydrogens (tertiary/aromatic N) is 2. The fourth-order valence-corrected chi connectivity index (χ4v) is 4.42. The molecular formula is C20H25FN4O2S+2. The number of aromatic nitrogens is 2. The number of benzene rings is 1. The third-order valence-corrected chi connectivity index (χ3v) is 6.30. The van der Waals surface area contributed by atoms with Gasteiger partial charge in [-0.25, -0.2) is 4.39 Å². The number of quaternary nitrogens is 2. The number of hydrogen-bond acceptors (Lipinski definition) is 5. The molecule has 2 N–H and O–H groups in total. The van der Waals surface area contributed by atoms with Gasteiger partial charge in [-0.15, -0.1) is 21.5 Å². The highest BCUT2D eigenvalue weighted by Crippen LogP contribution is 2.24. The van der Waals surface area contributed by atoms with Crippen LogP contribution in [0.1, 0.15) is 24.4 Å². The van der Waals surface area contributed by atoms with E-state index < -0.39 is 0 Å². The van der Waals surface area contributed by atoms with Gasteiger partial charge in [0.15, 0.2) is 6.04 Å². The Labute approximate surface area is 167 Å². The molecule has 2 aromatic heterocycles. The van der Waals surface area contributed by atoms with Crippen molar-refractivity contribution < 1.29 is 23.3 Å². The number of methoxy groups -OCH3 is 1. The molecule has 0 unspecified atom stereocenters. The van der Waals surface area contributed by atoms with Gasteiger partial charge < -0.3 is 19.0 Å². The third kappa shape index (κ3) is 4.09. The number of halogens is 1. The highest BCUT2D eigenvalue weighted by molar-refractivity contribution is 7.13. The Kier molecular flexibility index (Phi) is 5.70. The van der Waals surface area contributed by atoms with Gasteiger partial charge in [-0.05, 0) is 36.6 Å². The number of rotatable bonds is 6. The molecule has 0 aliphatic carbocycles. The van der Waals surface area contributed by atoms with Crippen LogP contribution in [0.15, 0.2) is 40.1 Å². The van der Waals surface area contributed by atoms with Crippen molar-refractivity contribution in [3.63, 3.8) is 0 Å². The van der Waals surface area contributed by atoms with Gasteiger partial charge in [0.25, 0.3) is 11.8 Å². The summed E-state index contributed by atoms with van der Waals surface area (Å²) in [7, 11) is 1.63. The summed E-state index contributed by atoms with van der Waals surface area (Å²) < 4.78 is 24.9. The second-order valence-electron chi connectivity index (χ2n) is 7.19. The van der Waals surface area contributed by atoms with E-state index in [0.717, 1.165) is 48.9 Å². The number of ether oxygens (including phenoxy) is 1. The molecule has 3 heterocycles. The molecule has 8 heteroatoms. The monoisotopic (exact) mass is 404 g/mol. The summed E-state index contributed by atoms with van der Waals surface area (Å²) in [4.78, 5) is 3.88. The summed E-state index contributed by atoms with van der Waals surface area (Å²) in [5, 5.41) is 10.5. The average molecular weight is 405 g/mol. The van der Waals surface area contributed by atoms with Crippen molar-refractivity contribution in [2.75, 3.05) is 33.3 Å². The molecular weight excluding hydrogens is 379 g/mol. The van der Waals surface area contributed by atoms with Crippen molar-refractivity contribution >= 4 is 11.3 Å². The van der Waals surface area contributed by atoms with E-state index in [0.29, 0.717) is 11.8 Å². The van der Waals surface area contributed by atoms with Gasteiger partial charge in [-0.1, -0.05) is 6.07 Å². The Balaban J connectivity index is 1.36. The maximum Gasteiger partial charge on any atom is 0.274 e. The van der Waals surface area contributed by atoms with Crippen molar-refractivity contribution in [2.24, 2.45) is 0 Å². The molecule has 28 heavy (non-hydrogen) atoms. The van der Waals surface area contributed by atoms with Crippen LogP contribution in [-0.4, -0.2) is 43.5 Å². The third-order valence-electron chi connectivity index (χ3n) is 5.44. The Hall–Kier alpha value is -2.29. The lowest BCUT2D eigenvalue weighted by Crippen LogP contribution is -3.27. The lowest BCUT2D eigenvalue weighted by atomic mass is 10.1. The number of hydrogen-bond donors (Lipinski definition) is 2. The topological polar surface area (TPSA) is 57.0 Å². The fourth-order valence-electron chi connectivity index (χ4n) is 3.77. The zero-order valence-corrected chi connectivity index (χ0v) is 16.9. The maximum absolute atomic E-state index is 13.6.